The summed E-state index contributed by atoms with van der Waals surface area (Å²) in [6.07, 6.45) is 2.11. The highest BCUT2D eigenvalue weighted by molar-refractivity contribution is 5.92. The number of nitrogens with one attached hydrogen (secondary N) is 1. The quantitative estimate of drug-likeness (QED) is 0.788. The van der Waals surface area contributed by atoms with Crippen molar-refractivity contribution >= 4 is 22.7 Å². The van der Waals surface area contributed by atoms with E-state index >= 15 is 0 Å². The van der Waals surface area contributed by atoms with Gasteiger partial charge in [-0.05, 0) is 51.6 Å². The largest absolute Gasteiger partial charge is 0.423 e. The van der Waals surface area contributed by atoms with Crippen molar-refractivity contribution in [2.24, 2.45) is 0 Å². The molecule has 7 heteroatoms. The minimum atomic E-state index is -0.394. The van der Waals surface area contributed by atoms with Crippen molar-refractivity contribution in [1.82, 2.24) is 9.80 Å². The van der Waals surface area contributed by atoms with Crippen LogP contribution in [0.2, 0.25) is 0 Å². The van der Waals surface area contributed by atoms with Gasteiger partial charge in [0.2, 0.25) is 0 Å². The van der Waals surface area contributed by atoms with Crippen molar-refractivity contribution in [3.8, 4) is 0 Å². The molecule has 2 amide bonds. The maximum absolute atomic E-state index is 12.8. The third-order valence-corrected chi connectivity index (χ3v) is 4.75. The number of anilines is 1. The van der Waals surface area contributed by atoms with Crippen LogP contribution >= 0.6 is 0 Å². The Morgan fingerprint density at radius 2 is 2.07 bits per heavy atom. The van der Waals surface area contributed by atoms with E-state index in [0.29, 0.717) is 24.4 Å². The van der Waals surface area contributed by atoms with Gasteiger partial charge in [0, 0.05) is 49.4 Å². The van der Waals surface area contributed by atoms with Crippen LogP contribution < -0.4 is 10.9 Å². The smallest absolute Gasteiger partial charge is 0.336 e. The van der Waals surface area contributed by atoms with Crippen molar-refractivity contribution < 1.29 is 13.9 Å². The van der Waals surface area contributed by atoms with Gasteiger partial charge in [0.15, 0.2) is 0 Å². The molecule has 3 rings (SSSR count). The maximum Gasteiger partial charge on any atom is 0.336 e. The minimum Gasteiger partial charge on any atom is -0.423 e. The molecule has 1 N–H and O–H groups in total. The topological polar surface area (TPSA) is 75.0 Å². The van der Waals surface area contributed by atoms with Crippen molar-refractivity contribution in [2.75, 3.05) is 45.7 Å². The van der Waals surface area contributed by atoms with E-state index in [0.717, 1.165) is 36.9 Å². The molecule has 1 atom stereocenters. The molecule has 2 heterocycles. The van der Waals surface area contributed by atoms with E-state index in [1.165, 1.54) is 6.07 Å². The van der Waals surface area contributed by atoms with Gasteiger partial charge in [-0.3, -0.25) is 0 Å². The summed E-state index contributed by atoms with van der Waals surface area (Å²) in [7, 11) is 3.96. The van der Waals surface area contributed by atoms with Gasteiger partial charge in [0.05, 0.1) is 6.10 Å². The highest BCUT2D eigenvalue weighted by atomic mass is 16.5. The predicted molar refractivity (Wildman–Crippen MR) is 105 cm³/mol. The number of ether oxygens (including phenoxy) is 1. The van der Waals surface area contributed by atoms with E-state index in [1.807, 2.05) is 38.1 Å². The summed E-state index contributed by atoms with van der Waals surface area (Å²) >= 11 is 0. The van der Waals surface area contributed by atoms with Gasteiger partial charge in [0.25, 0.3) is 0 Å². The van der Waals surface area contributed by atoms with Crippen LogP contribution in [0.25, 0.3) is 11.0 Å². The fraction of sp³-hybridized carbons (Fsp3) is 0.500. The van der Waals surface area contributed by atoms with Crippen LogP contribution in [0.15, 0.2) is 33.5 Å². The molecule has 0 spiro atoms. The summed E-state index contributed by atoms with van der Waals surface area (Å²) in [5, 5.41) is 3.78. The van der Waals surface area contributed by atoms with Crippen LogP contribution in [-0.2, 0) is 4.74 Å². The molecular formula is C20H27N3O4. The second-order valence-corrected chi connectivity index (χ2v) is 7.27. The first-order valence-electron chi connectivity index (χ1n) is 9.29. The average Bonchev–Trinajstić information content (AvgIpc) is 3.11. The molecule has 0 bridgehead atoms. The van der Waals surface area contributed by atoms with Crippen LogP contribution in [0.5, 0.6) is 0 Å². The SMILES string of the molecule is Cc1cc(=O)oc2cc(NC(=O)N(CCN(C)C)C[C@H]3CCCO3)ccc12. The predicted octanol–water partition coefficient (Wildman–Crippen LogP) is 2.68. The summed E-state index contributed by atoms with van der Waals surface area (Å²) in [6.45, 7) is 4.58. The van der Waals surface area contributed by atoms with Gasteiger partial charge in [-0.2, -0.15) is 0 Å². The zero-order valence-corrected chi connectivity index (χ0v) is 16.2. The van der Waals surface area contributed by atoms with Crippen LogP contribution in [0.3, 0.4) is 0 Å². The number of urea groups is 1. The first-order chi connectivity index (χ1) is 12.9. The van der Waals surface area contributed by atoms with E-state index in [-0.39, 0.29) is 12.1 Å². The molecule has 1 saturated heterocycles. The molecule has 1 aliphatic heterocycles. The molecule has 1 aromatic heterocycles. The van der Waals surface area contributed by atoms with E-state index in [2.05, 4.69) is 5.32 Å². The molecule has 146 valence electrons. The number of nitrogens with zero attached hydrogens (tertiary/aromatic N) is 2. The Kier molecular flexibility index (Phi) is 6.13. The number of hydrogen-bond donors (Lipinski definition) is 1. The van der Waals surface area contributed by atoms with Gasteiger partial charge in [-0.15, -0.1) is 0 Å². The summed E-state index contributed by atoms with van der Waals surface area (Å²) in [5.41, 5.74) is 1.53. The number of carbonyl (C=O) groups is 1. The van der Waals surface area contributed by atoms with Gasteiger partial charge in [0.1, 0.15) is 5.58 Å². The Morgan fingerprint density at radius 1 is 1.26 bits per heavy atom. The monoisotopic (exact) mass is 373 g/mol. The van der Waals surface area contributed by atoms with Crippen LogP contribution in [0.1, 0.15) is 18.4 Å². The first kappa shape index (κ1) is 19.4. The number of amides is 2. The number of rotatable bonds is 6. The lowest BCUT2D eigenvalue weighted by atomic mass is 10.1. The maximum atomic E-state index is 12.8. The first-order valence-corrected chi connectivity index (χ1v) is 9.29. The fourth-order valence-corrected chi connectivity index (χ4v) is 3.24. The van der Waals surface area contributed by atoms with Crippen LogP contribution in [-0.4, -0.2) is 62.3 Å². The molecule has 27 heavy (non-hydrogen) atoms. The highest BCUT2D eigenvalue weighted by Gasteiger charge is 2.22. The molecule has 0 saturated carbocycles. The number of benzene rings is 1. The molecule has 1 fully saturated rings. The van der Waals surface area contributed by atoms with Crippen molar-refractivity contribution in [3.63, 3.8) is 0 Å². The lowest BCUT2D eigenvalue weighted by Gasteiger charge is -2.27. The molecular weight excluding hydrogens is 346 g/mol. The normalized spacial score (nSPS) is 16.8. The zero-order chi connectivity index (χ0) is 19.4. The molecule has 7 nitrogen and oxygen atoms in total. The fourth-order valence-electron chi connectivity index (χ4n) is 3.24. The molecule has 0 radical (unpaired) electrons. The minimum absolute atomic E-state index is 0.0928. The second-order valence-electron chi connectivity index (χ2n) is 7.27. The summed E-state index contributed by atoms with van der Waals surface area (Å²) in [6, 6.07) is 6.65. The Bertz CT molecular complexity index is 856. The standard InChI is InChI=1S/C20H27N3O4/c1-14-11-19(24)27-18-12-15(6-7-17(14)18)21-20(25)23(9-8-22(2)3)13-16-5-4-10-26-16/h6-7,11-12,16H,4-5,8-10,13H2,1-3H3,(H,21,25)/t16-/m1/s1. The Balaban J connectivity index is 1.75. The Morgan fingerprint density at radius 3 is 2.78 bits per heavy atom. The van der Waals surface area contributed by atoms with E-state index in [4.69, 9.17) is 9.15 Å². The van der Waals surface area contributed by atoms with Crippen molar-refractivity contribution in [2.45, 2.75) is 25.9 Å². The molecule has 0 aliphatic carbocycles. The number of hydrogen-bond acceptors (Lipinski definition) is 5. The van der Waals surface area contributed by atoms with Crippen LogP contribution in [0.4, 0.5) is 10.5 Å². The Hall–Kier alpha value is -2.38. The molecule has 1 aromatic carbocycles. The van der Waals surface area contributed by atoms with E-state index in [1.54, 1.807) is 11.0 Å². The van der Waals surface area contributed by atoms with Gasteiger partial charge >= 0.3 is 11.7 Å². The zero-order valence-electron chi connectivity index (χ0n) is 16.2. The van der Waals surface area contributed by atoms with Crippen molar-refractivity contribution in [1.29, 1.82) is 0 Å². The third kappa shape index (κ3) is 5.08. The van der Waals surface area contributed by atoms with E-state index in [9.17, 15) is 9.59 Å². The van der Waals surface area contributed by atoms with Crippen LogP contribution in [0, 0.1) is 6.92 Å². The lowest BCUT2D eigenvalue weighted by Crippen LogP contribution is -2.43. The summed E-state index contributed by atoms with van der Waals surface area (Å²) < 4.78 is 11.0. The molecule has 2 aromatic rings. The van der Waals surface area contributed by atoms with E-state index < -0.39 is 5.63 Å². The number of aryl methyl sites for hydroxylation is 1. The molecule has 0 unspecified atom stereocenters. The number of likely N-dealkylation sites (N-methyl/N-ethyl adjacent to an activating group) is 1. The molecule has 1 aliphatic rings. The summed E-state index contributed by atoms with van der Waals surface area (Å²) in [4.78, 5) is 28.3. The Labute approximate surface area is 158 Å². The third-order valence-electron chi connectivity index (χ3n) is 4.75. The highest BCUT2D eigenvalue weighted by Crippen LogP contribution is 2.21. The van der Waals surface area contributed by atoms with Crippen molar-refractivity contribution in [3.05, 3.63) is 40.2 Å². The van der Waals surface area contributed by atoms with Gasteiger partial charge < -0.3 is 24.3 Å². The summed E-state index contributed by atoms with van der Waals surface area (Å²) in [5.74, 6) is 0. The average molecular weight is 373 g/mol. The van der Waals surface area contributed by atoms with Gasteiger partial charge in [-0.1, -0.05) is 0 Å². The second kappa shape index (κ2) is 8.54. The number of fused-ring (bicyclic) bond motifs is 1. The van der Waals surface area contributed by atoms with Gasteiger partial charge in [-0.25, -0.2) is 9.59 Å². The lowest BCUT2D eigenvalue weighted by molar-refractivity contribution is 0.0820. The number of carbonyl (C=O) groups excluding carboxylic acids is 1.